The van der Waals surface area contributed by atoms with Crippen LogP contribution in [0.4, 0.5) is 13.2 Å². The molecule has 0 aliphatic heterocycles. The zero-order chi connectivity index (χ0) is 48.1. The Labute approximate surface area is 404 Å². The number of alkyl halides is 3. The minimum absolute atomic E-state index is 0.262. The molecule has 0 fully saturated rings. The van der Waals surface area contributed by atoms with Crippen molar-refractivity contribution in [2.45, 2.75) is 31.2 Å². The Morgan fingerprint density at radius 1 is 0.486 bits per heavy atom. The van der Waals surface area contributed by atoms with Crippen molar-refractivity contribution in [2.75, 3.05) is 0 Å². The molecule has 0 amide bonds. The Balaban J connectivity index is 0.902. The summed E-state index contributed by atoms with van der Waals surface area (Å²) in [6.45, 7) is 0. The lowest BCUT2D eigenvalue weighted by Crippen LogP contribution is -2.28. The van der Waals surface area contributed by atoms with Gasteiger partial charge in [-0.2, -0.15) is 21.6 Å². The molecule has 8 nitrogen and oxygen atoms in total. The second-order valence-electron chi connectivity index (χ2n) is 17.0. The first-order chi connectivity index (χ1) is 34.0. The Kier molecular flexibility index (Phi) is 12.8. The third-order valence-corrected chi connectivity index (χ3v) is 13.2. The van der Waals surface area contributed by atoms with Crippen LogP contribution in [0.15, 0.2) is 232 Å². The maximum atomic E-state index is 13.0. The van der Waals surface area contributed by atoms with Crippen molar-refractivity contribution in [1.29, 1.82) is 0 Å². The third-order valence-electron chi connectivity index (χ3n) is 12.3. The molecule has 12 heteroatoms. The average Bonchev–Trinajstić information content (AvgIpc) is 4.10. The highest BCUT2D eigenvalue weighted by Gasteiger charge is 2.48. The molecule has 0 aliphatic carbocycles. The third kappa shape index (κ3) is 10.4. The van der Waals surface area contributed by atoms with E-state index in [9.17, 15) is 21.6 Å². The molecule has 0 spiro atoms. The predicted molar refractivity (Wildman–Crippen MR) is 266 cm³/mol. The second-order valence-corrected chi connectivity index (χ2v) is 18.5. The molecule has 0 saturated carbocycles. The molecule has 10 aromatic rings. The van der Waals surface area contributed by atoms with Crippen molar-refractivity contribution in [2.24, 2.45) is 0 Å². The fourth-order valence-electron chi connectivity index (χ4n) is 8.58. The molecule has 0 N–H and O–H groups in total. The second kappa shape index (κ2) is 19.7. The van der Waals surface area contributed by atoms with Crippen LogP contribution in [0.1, 0.15) is 22.3 Å². The standard InChI is InChI=1S/C58H46F3N5O3S/c59-58(60,61)70(67,68)69-54-31-32-62-57(40-54)48-25-23-47(24-26-48)55-13-7-8-14-56(55)49-38-45(17-15-43-19-27-52(28-20-43)65-35-33-63(41-65)50-9-3-1-4-10-50)37-46(39-49)18-16-44-21-29-53(30-22-44)66-36-34-64(42-66)51-11-5-2-6-12-51/h1-14,19-42H,15-18H2/q+2. The summed E-state index contributed by atoms with van der Waals surface area (Å²) in [6.07, 6.45) is 17.0. The maximum Gasteiger partial charge on any atom is 0.534 e. The van der Waals surface area contributed by atoms with E-state index in [1.165, 1.54) is 34.5 Å². The Morgan fingerprint density at radius 3 is 1.44 bits per heavy atom. The number of hydrogen-bond acceptors (Lipinski definition) is 4. The number of aryl methyl sites for hydroxylation is 4. The molecular weight excluding hydrogens is 904 g/mol. The molecule has 0 saturated heterocycles. The van der Waals surface area contributed by atoms with Gasteiger partial charge in [0, 0.05) is 23.9 Å². The minimum atomic E-state index is -5.83. The summed E-state index contributed by atoms with van der Waals surface area (Å²) in [5.74, 6) is -0.482. The lowest BCUT2D eigenvalue weighted by atomic mass is 9.90. The molecule has 3 aromatic heterocycles. The van der Waals surface area contributed by atoms with E-state index in [-0.39, 0.29) is 5.69 Å². The molecule has 0 atom stereocenters. The molecule has 0 bridgehead atoms. The maximum absolute atomic E-state index is 13.0. The van der Waals surface area contributed by atoms with Crippen LogP contribution < -0.4 is 13.3 Å². The van der Waals surface area contributed by atoms with E-state index < -0.39 is 21.4 Å². The number of imidazole rings is 2. The smallest absolute Gasteiger partial charge is 0.376 e. The van der Waals surface area contributed by atoms with Crippen molar-refractivity contribution < 1.29 is 34.9 Å². The fourth-order valence-corrected chi connectivity index (χ4v) is 9.03. The average molecular weight is 950 g/mol. The van der Waals surface area contributed by atoms with E-state index in [1.807, 2.05) is 72.8 Å². The fraction of sp³-hybridized carbons (Fsp3) is 0.0862. The molecule has 3 heterocycles. The van der Waals surface area contributed by atoms with Crippen molar-refractivity contribution in [3.8, 4) is 62.0 Å². The van der Waals surface area contributed by atoms with Gasteiger partial charge in [-0.05, 0) is 119 Å². The first kappa shape index (κ1) is 45.4. The lowest BCUT2D eigenvalue weighted by molar-refractivity contribution is -0.595. The molecule has 0 radical (unpaired) electrons. The van der Waals surface area contributed by atoms with Gasteiger partial charge in [0.15, 0.2) is 0 Å². The summed E-state index contributed by atoms with van der Waals surface area (Å²) in [5.41, 5.74) is 8.66. The van der Waals surface area contributed by atoms with Gasteiger partial charge in [-0.25, -0.2) is 18.3 Å². The van der Waals surface area contributed by atoms with Gasteiger partial charge < -0.3 is 4.18 Å². The predicted octanol–water partition coefficient (Wildman–Crippen LogP) is 12.0. The van der Waals surface area contributed by atoms with Gasteiger partial charge in [0.25, 0.3) is 12.7 Å². The van der Waals surface area contributed by atoms with Crippen molar-refractivity contribution >= 4 is 10.1 Å². The molecule has 70 heavy (non-hydrogen) atoms. The van der Waals surface area contributed by atoms with E-state index in [0.717, 1.165) is 76.8 Å². The van der Waals surface area contributed by atoms with Crippen LogP contribution in [0.25, 0.3) is 56.3 Å². The summed E-state index contributed by atoms with van der Waals surface area (Å²) in [7, 11) is -5.83. The van der Waals surface area contributed by atoms with Gasteiger partial charge >= 0.3 is 15.6 Å². The van der Waals surface area contributed by atoms with Gasteiger partial charge in [-0.3, -0.25) is 4.98 Å². The van der Waals surface area contributed by atoms with Gasteiger partial charge in [-0.1, -0.05) is 127 Å². The lowest BCUT2D eigenvalue weighted by Gasteiger charge is -2.15. The van der Waals surface area contributed by atoms with Crippen LogP contribution in [0.5, 0.6) is 5.75 Å². The highest BCUT2D eigenvalue weighted by Crippen LogP contribution is 2.35. The van der Waals surface area contributed by atoms with Crippen LogP contribution >= 0.6 is 0 Å². The largest absolute Gasteiger partial charge is 0.534 e. The molecular formula is C58H46F3N5O3S+2. The number of halogens is 3. The number of hydrogen-bond donors (Lipinski definition) is 0. The number of nitrogens with zero attached hydrogens (tertiary/aromatic N) is 5. The van der Waals surface area contributed by atoms with Gasteiger partial charge in [-0.15, -0.1) is 0 Å². The molecule has 7 aromatic carbocycles. The normalized spacial score (nSPS) is 11.7. The van der Waals surface area contributed by atoms with E-state index in [0.29, 0.717) is 5.56 Å². The van der Waals surface area contributed by atoms with E-state index in [4.69, 9.17) is 0 Å². The van der Waals surface area contributed by atoms with E-state index in [1.54, 1.807) is 0 Å². The van der Waals surface area contributed by atoms with Crippen molar-refractivity contribution in [1.82, 2.24) is 14.1 Å². The number of para-hydroxylation sites is 2. The highest BCUT2D eigenvalue weighted by molar-refractivity contribution is 7.88. The van der Waals surface area contributed by atoms with E-state index in [2.05, 4.69) is 168 Å². The first-order valence-corrected chi connectivity index (χ1v) is 24.2. The van der Waals surface area contributed by atoms with Gasteiger partial charge in [0.05, 0.1) is 5.69 Å². The Hall–Kier alpha value is -8.35. The zero-order valence-corrected chi connectivity index (χ0v) is 38.6. The Morgan fingerprint density at radius 2 is 0.943 bits per heavy atom. The van der Waals surface area contributed by atoms with E-state index >= 15 is 0 Å². The quantitative estimate of drug-likeness (QED) is 0.0583. The van der Waals surface area contributed by atoms with Crippen LogP contribution in [0.3, 0.4) is 0 Å². The van der Waals surface area contributed by atoms with Crippen molar-refractivity contribution in [3.63, 3.8) is 0 Å². The highest BCUT2D eigenvalue weighted by atomic mass is 32.2. The van der Waals surface area contributed by atoms with Crippen LogP contribution in [-0.4, -0.2) is 28.0 Å². The SMILES string of the molecule is O=S(=O)(Oc1ccnc(-c2ccc(-c3ccccc3-c3cc(CCc4ccc(-[n+]5ccn(-c6ccccc6)c5)cc4)cc(CCc4ccc(-[n+]5ccn(-c6ccccc6)c5)cc4)c3)cc2)c1)C(F)(F)F. The molecule has 10 rings (SSSR count). The molecule has 0 unspecified atom stereocenters. The van der Waals surface area contributed by atoms with Crippen LogP contribution in [0.2, 0.25) is 0 Å². The zero-order valence-electron chi connectivity index (χ0n) is 37.8. The monoisotopic (exact) mass is 949 g/mol. The Bertz CT molecular complexity index is 3360. The van der Waals surface area contributed by atoms with Gasteiger partial charge in [0.1, 0.15) is 53.3 Å². The summed E-state index contributed by atoms with van der Waals surface area (Å²) < 4.78 is 75.3. The van der Waals surface area contributed by atoms with Crippen LogP contribution in [0, 0.1) is 0 Å². The molecule has 0 aliphatic rings. The summed E-state index contributed by atoms with van der Waals surface area (Å²) >= 11 is 0. The first-order valence-electron chi connectivity index (χ1n) is 22.8. The summed E-state index contributed by atoms with van der Waals surface area (Å²) in [5, 5.41) is 0. The topological polar surface area (TPSA) is 73.9 Å². The number of pyridine rings is 1. The minimum Gasteiger partial charge on any atom is -0.376 e. The number of benzene rings is 7. The number of aromatic nitrogens is 5. The summed E-state index contributed by atoms with van der Waals surface area (Å²) in [6, 6.07) is 62.8. The van der Waals surface area contributed by atoms with Crippen LogP contribution in [-0.2, 0) is 35.8 Å². The van der Waals surface area contributed by atoms with Gasteiger partial charge in [0.2, 0.25) is 0 Å². The summed E-state index contributed by atoms with van der Waals surface area (Å²) in [4.78, 5) is 4.27. The number of rotatable bonds is 15. The van der Waals surface area contributed by atoms with Crippen molar-refractivity contribution in [3.05, 3.63) is 254 Å². The molecule has 346 valence electrons.